The number of methoxy groups -OCH3 is 2. The van der Waals surface area contributed by atoms with E-state index in [1.807, 2.05) is 39.0 Å². The Morgan fingerprint density at radius 3 is 2.35 bits per heavy atom. The van der Waals surface area contributed by atoms with Crippen LogP contribution in [0.5, 0.6) is 17.2 Å². The second kappa shape index (κ2) is 9.55. The minimum Gasteiger partial charge on any atom is -0.494 e. The highest BCUT2D eigenvalue weighted by molar-refractivity contribution is 6.36. The van der Waals surface area contributed by atoms with Crippen LogP contribution in [0.4, 0.5) is 5.69 Å². The first-order chi connectivity index (χ1) is 14.9. The average molecular weight is 424 g/mol. The third kappa shape index (κ3) is 4.66. The Labute approximate surface area is 182 Å². The number of ether oxygens (including phenoxy) is 3. The molecule has 0 bridgehead atoms. The van der Waals surface area contributed by atoms with Gasteiger partial charge in [-0.25, -0.2) is 0 Å². The van der Waals surface area contributed by atoms with Gasteiger partial charge in [-0.05, 0) is 42.7 Å². The fourth-order valence-corrected chi connectivity index (χ4v) is 3.46. The summed E-state index contributed by atoms with van der Waals surface area (Å²) in [6.07, 6.45) is 0. The highest BCUT2D eigenvalue weighted by atomic mass is 16.5. The lowest BCUT2D eigenvalue weighted by Gasteiger charge is -2.17. The molecule has 1 aliphatic heterocycles. The number of hydrogen-bond donors (Lipinski definition) is 1. The van der Waals surface area contributed by atoms with Crippen LogP contribution in [0.1, 0.15) is 26.3 Å². The zero-order chi connectivity index (χ0) is 22.5. The molecule has 0 radical (unpaired) electrons. The molecular weight excluding hydrogens is 396 g/mol. The molecule has 0 fully saturated rings. The summed E-state index contributed by atoms with van der Waals surface area (Å²) in [4.78, 5) is 27.8. The topological polar surface area (TPSA) is 77.1 Å². The third-order valence-electron chi connectivity index (χ3n) is 4.80. The van der Waals surface area contributed by atoms with Crippen LogP contribution < -0.4 is 19.5 Å². The van der Waals surface area contributed by atoms with Crippen molar-refractivity contribution in [3.8, 4) is 17.2 Å². The summed E-state index contributed by atoms with van der Waals surface area (Å²) in [5.41, 5.74) is 1.76. The minimum absolute atomic E-state index is 0.139. The van der Waals surface area contributed by atoms with E-state index < -0.39 is 0 Å². The van der Waals surface area contributed by atoms with Gasteiger partial charge in [-0.1, -0.05) is 26.0 Å². The van der Waals surface area contributed by atoms with E-state index in [1.54, 1.807) is 31.4 Å². The van der Waals surface area contributed by atoms with Crippen LogP contribution in [-0.2, 0) is 9.59 Å². The second-order valence-electron chi connectivity index (χ2n) is 7.52. The van der Waals surface area contributed by atoms with Crippen molar-refractivity contribution >= 4 is 23.1 Å². The molecular formula is C24H28N2O5. The van der Waals surface area contributed by atoms with Crippen LogP contribution in [0.15, 0.2) is 48.2 Å². The van der Waals surface area contributed by atoms with Gasteiger partial charge in [-0.15, -0.1) is 0 Å². The molecule has 31 heavy (non-hydrogen) atoms. The lowest BCUT2D eigenvalue weighted by atomic mass is 10.0. The average Bonchev–Trinajstić information content (AvgIpc) is 2.97. The van der Waals surface area contributed by atoms with Gasteiger partial charge in [0.05, 0.1) is 26.4 Å². The minimum atomic E-state index is -0.356. The molecule has 3 rings (SSSR count). The SMILES string of the molecule is CCOc1cccc(NC2=C(c3ccc(OC)c(OC)c3)C(=O)N(CC(C)C)C2=O)c1. The summed E-state index contributed by atoms with van der Waals surface area (Å²) in [5.74, 6) is 1.14. The van der Waals surface area contributed by atoms with Crippen molar-refractivity contribution in [3.05, 3.63) is 53.7 Å². The van der Waals surface area contributed by atoms with Gasteiger partial charge in [0.2, 0.25) is 0 Å². The Hall–Kier alpha value is -3.48. The Morgan fingerprint density at radius 1 is 0.968 bits per heavy atom. The predicted octanol–water partition coefficient (Wildman–Crippen LogP) is 3.95. The van der Waals surface area contributed by atoms with Crippen molar-refractivity contribution in [2.45, 2.75) is 20.8 Å². The van der Waals surface area contributed by atoms with Gasteiger partial charge >= 0.3 is 0 Å². The number of benzene rings is 2. The molecule has 0 aliphatic carbocycles. The van der Waals surface area contributed by atoms with Crippen molar-refractivity contribution < 1.29 is 23.8 Å². The largest absolute Gasteiger partial charge is 0.494 e. The van der Waals surface area contributed by atoms with Crippen molar-refractivity contribution in [2.24, 2.45) is 5.92 Å². The van der Waals surface area contributed by atoms with Gasteiger partial charge in [0.1, 0.15) is 11.4 Å². The lowest BCUT2D eigenvalue weighted by molar-refractivity contribution is -0.137. The number of anilines is 1. The van der Waals surface area contributed by atoms with Crippen LogP contribution in [0, 0.1) is 5.92 Å². The smallest absolute Gasteiger partial charge is 0.278 e. The van der Waals surface area contributed by atoms with Crippen LogP contribution in [0.25, 0.3) is 5.57 Å². The van der Waals surface area contributed by atoms with Crippen molar-refractivity contribution in [1.82, 2.24) is 4.90 Å². The predicted molar refractivity (Wildman–Crippen MR) is 119 cm³/mol. The van der Waals surface area contributed by atoms with Gasteiger partial charge in [-0.2, -0.15) is 0 Å². The van der Waals surface area contributed by atoms with Crippen molar-refractivity contribution in [2.75, 3.05) is 32.7 Å². The maximum Gasteiger partial charge on any atom is 0.278 e. The number of hydrogen-bond acceptors (Lipinski definition) is 6. The zero-order valence-corrected chi connectivity index (χ0v) is 18.5. The Balaban J connectivity index is 2.08. The monoisotopic (exact) mass is 424 g/mol. The molecule has 7 heteroatoms. The number of carbonyl (C=O) groups excluding carboxylic acids is 2. The first kappa shape index (κ1) is 22.2. The summed E-state index contributed by atoms with van der Waals surface area (Å²) in [6, 6.07) is 12.5. The molecule has 2 aromatic carbocycles. The molecule has 164 valence electrons. The number of imide groups is 1. The van der Waals surface area contributed by atoms with Gasteiger partial charge in [0, 0.05) is 18.3 Å². The summed E-state index contributed by atoms with van der Waals surface area (Å²) in [6.45, 7) is 6.70. The molecule has 1 heterocycles. The zero-order valence-electron chi connectivity index (χ0n) is 18.5. The van der Waals surface area contributed by atoms with Gasteiger partial charge in [-0.3, -0.25) is 14.5 Å². The molecule has 0 saturated heterocycles. The van der Waals surface area contributed by atoms with Gasteiger partial charge in [0.25, 0.3) is 11.8 Å². The molecule has 0 unspecified atom stereocenters. The van der Waals surface area contributed by atoms with Crippen molar-refractivity contribution in [1.29, 1.82) is 0 Å². The number of carbonyl (C=O) groups is 2. The van der Waals surface area contributed by atoms with E-state index in [4.69, 9.17) is 14.2 Å². The maximum absolute atomic E-state index is 13.3. The molecule has 0 spiro atoms. The molecule has 0 atom stereocenters. The highest BCUT2D eigenvalue weighted by Gasteiger charge is 2.39. The van der Waals surface area contributed by atoms with Crippen LogP contribution in [-0.4, -0.2) is 44.1 Å². The van der Waals surface area contributed by atoms with E-state index >= 15 is 0 Å². The number of rotatable bonds is 9. The first-order valence-corrected chi connectivity index (χ1v) is 10.2. The van der Waals surface area contributed by atoms with Crippen molar-refractivity contribution in [3.63, 3.8) is 0 Å². The summed E-state index contributed by atoms with van der Waals surface area (Å²) in [7, 11) is 3.07. The van der Waals surface area contributed by atoms with E-state index in [-0.39, 0.29) is 23.4 Å². The summed E-state index contributed by atoms with van der Waals surface area (Å²) < 4.78 is 16.2. The molecule has 1 N–H and O–H groups in total. The molecule has 7 nitrogen and oxygen atoms in total. The van der Waals surface area contributed by atoms with Crippen LogP contribution in [0.3, 0.4) is 0 Å². The molecule has 0 aromatic heterocycles. The normalized spacial score (nSPS) is 13.8. The number of amides is 2. The van der Waals surface area contributed by atoms with E-state index in [0.717, 1.165) is 0 Å². The quantitative estimate of drug-likeness (QED) is 0.614. The molecule has 0 saturated carbocycles. The highest BCUT2D eigenvalue weighted by Crippen LogP contribution is 2.36. The lowest BCUT2D eigenvalue weighted by Crippen LogP contribution is -2.35. The fourth-order valence-electron chi connectivity index (χ4n) is 3.46. The van der Waals surface area contributed by atoms with Gasteiger partial charge in [0.15, 0.2) is 11.5 Å². The standard InChI is InChI=1S/C24H28N2O5/c1-6-31-18-9-7-8-17(13-18)25-22-21(23(27)26(24(22)28)14-15(2)3)16-10-11-19(29-4)20(12-16)30-5/h7-13,15,25H,6,14H2,1-5H3. The molecule has 2 amide bonds. The third-order valence-corrected chi connectivity index (χ3v) is 4.80. The van der Waals surface area contributed by atoms with E-state index in [2.05, 4.69) is 5.32 Å². The van der Waals surface area contributed by atoms with Crippen LogP contribution >= 0.6 is 0 Å². The summed E-state index contributed by atoms with van der Waals surface area (Å²) in [5, 5.41) is 3.15. The Kier molecular flexibility index (Phi) is 6.84. The maximum atomic E-state index is 13.3. The fraction of sp³-hybridized carbons (Fsp3) is 0.333. The Bertz CT molecular complexity index is 1010. The van der Waals surface area contributed by atoms with E-state index in [0.29, 0.717) is 47.2 Å². The first-order valence-electron chi connectivity index (χ1n) is 10.2. The van der Waals surface area contributed by atoms with E-state index in [1.165, 1.54) is 12.0 Å². The van der Waals surface area contributed by atoms with E-state index in [9.17, 15) is 9.59 Å². The molecule has 1 aliphatic rings. The molecule has 2 aromatic rings. The second-order valence-corrected chi connectivity index (χ2v) is 7.52. The summed E-state index contributed by atoms with van der Waals surface area (Å²) >= 11 is 0. The van der Waals surface area contributed by atoms with Crippen LogP contribution in [0.2, 0.25) is 0 Å². The Morgan fingerprint density at radius 2 is 1.71 bits per heavy atom. The number of nitrogens with zero attached hydrogens (tertiary/aromatic N) is 1. The number of nitrogens with one attached hydrogen (secondary N) is 1. The van der Waals surface area contributed by atoms with Gasteiger partial charge < -0.3 is 19.5 Å².